The molecule has 84 valence electrons. The fourth-order valence-corrected chi connectivity index (χ4v) is 2.19. The highest BCUT2D eigenvalue weighted by Crippen LogP contribution is 2.27. The molecule has 0 fully saturated rings. The van der Waals surface area contributed by atoms with Gasteiger partial charge in [-0.25, -0.2) is 4.98 Å². The van der Waals surface area contributed by atoms with Crippen molar-refractivity contribution in [1.82, 2.24) is 9.55 Å². The maximum atomic E-state index is 4.53. The van der Waals surface area contributed by atoms with Crippen LogP contribution in [0.5, 0.6) is 0 Å². The highest BCUT2D eigenvalue weighted by atomic mass is 15.0. The van der Waals surface area contributed by atoms with Crippen molar-refractivity contribution in [3.8, 4) is 11.1 Å². The average Bonchev–Trinajstić information content (AvgIpc) is 2.82. The summed E-state index contributed by atoms with van der Waals surface area (Å²) in [5, 5.41) is 0. The second-order valence-electron chi connectivity index (χ2n) is 4.07. The van der Waals surface area contributed by atoms with E-state index < -0.39 is 0 Å². The Morgan fingerprint density at radius 3 is 2.59 bits per heavy atom. The molecule has 0 aliphatic carbocycles. The Kier molecular flexibility index (Phi) is 2.41. The molecule has 0 aliphatic heterocycles. The molecule has 2 heteroatoms. The summed E-state index contributed by atoms with van der Waals surface area (Å²) in [6, 6.07) is 16.8. The molecular weight excluding hydrogens is 208 g/mol. The molecule has 3 rings (SSSR count). The zero-order valence-electron chi connectivity index (χ0n) is 9.80. The van der Waals surface area contributed by atoms with Gasteiger partial charge in [0.25, 0.3) is 0 Å². The van der Waals surface area contributed by atoms with Crippen LogP contribution in [0.3, 0.4) is 0 Å². The summed E-state index contributed by atoms with van der Waals surface area (Å²) < 4.78 is 2.17. The first-order chi connectivity index (χ1) is 8.40. The fourth-order valence-electron chi connectivity index (χ4n) is 2.19. The van der Waals surface area contributed by atoms with E-state index in [9.17, 15) is 0 Å². The Bertz CT molecular complexity index is 638. The molecule has 0 N–H and O–H groups in total. The predicted octanol–water partition coefficient (Wildman–Crippen LogP) is 3.72. The molecule has 0 atom stereocenters. The lowest BCUT2D eigenvalue weighted by atomic mass is 10.0. The number of para-hydroxylation sites is 1. The van der Waals surface area contributed by atoms with Crippen LogP contribution < -0.4 is 0 Å². The molecule has 0 saturated carbocycles. The van der Waals surface area contributed by atoms with E-state index in [1.165, 1.54) is 16.6 Å². The van der Waals surface area contributed by atoms with Gasteiger partial charge >= 0.3 is 0 Å². The van der Waals surface area contributed by atoms with Crippen molar-refractivity contribution >= 4 is 11.0 Å². The smallest absolute Gasteiger partial charge is 0.0963 e. The van der Waals surface area contributed by atoms with Crippen molar-refractivity contribution in [2.24, 2.45) is 0 Å². The largest absolute Gasteiger partial charge is 0.331 e. The van der Waals surface area contributed by atoms with Crippen molar-refractivity contribution in [2.75, 3.05) is 0 Å². The molecule has 2 nitrogen and oxygen atoms in total. The molecule has 0 spiro atoms. The maximum absolute atomic E-state index is 4.53. The topological polar surface area (TPSA) is 17.8 Å². The minimum absolute atomic E-state index is 0.953. The number of benzene rings is 2. The zero-order chi connectivity index (χ0) is 11.7. The van der Waals surface area contributed by atoms with Gasteiger partial charge < -0.3 is 4.57 Å². The molecule has 0 unspecified atom stereocenters. The average molecular weight is 222 g/mol. The lowest BCUT2D eigenvalue weighted by Crippen LogP contribution is -1.90. The van der Waals surface area contributed by atoms with Crippen LogP contribution in [0.4, 0.5) is 0 Å². The molecule has 17 heavy (non-hydrogen) atoms. The minimum atomic E-state index is 0.953. The molecular formula is C15H14N2. The van der Waals surface area contributed by atoms with E-state index >= 15 is 0 Å². The summed E-state index contributed by atoms with van der Waals surface area (Å²) in [6.45, 7) is 3.09. The highest BCUT2D eigenvalue weighted by Gasteiger charge is 2.07. The van der Waals surface area contributed by atoms with E-state index in [1.54, 1.807) is 0 Å². The van der Waals surface area contributed by atoms with E-state index in [-0.39, 0.29) is 0 Å². The van der Waals surface area contributed by atoms with Gasteiger partial charge in [0.05, 0.1) is 17.4 Å². The van der Waals surface area contributed by atoms with Crippen LogP contribution in [0.1, 0.15) is 6.92 Å². The van der Waals surface area contributed by atoms with Gasteiger partial charge in [0.2, 0.25) is 0 Å². The molecule has 0 amide bonds. The summed E-state index contributed by atoms with van der Waals surface area (Å²) in [6.07, 6.45) is 1.91. The van der Waals surface area contributed by atoms with Crippen LogP contribution in [-0.2, 0) is 6.54 Å². The Balaban J connectivity index is 2.28. The SMILES string of the molecule is CCn1cnc2c(-c3ccccc3)cccc21. The van der Waals surface area contributed by atoms with Gasteiger partial charge in [0.1, 0.15) is 0 Å². The lowest BCUT2D eigenvalue weighted by molar-refractivity contribution is 0.787. The normalized spacial score (nSPS) is 10.9. The van der Waals surface area contributed by atoms with Crippen LogP contribution in [0.2, 0.25) is 0 Å². The number of hydrogen-bond acceptors (Lipinski definition) is 1. The number of imidazole rings is 1. The second-order valence-corrected chi connectivity index (χ2v) is 4.07. The standard InChI is InChI=1S/C15H14N2/c1-2-17-11-16-15-13(9-6-10-14(15)17)12-7-4-3-5-8-12/h3-11H,2H2,1H3. The van der Waals surface area contributed by atoms with Crippen LogP contribution in [0.25, 0.3) is 22.2 Å². The van der Waals surface area contributed by atoms with Crippen molar-refractivity contribution in [3.05, 3.63) is 54.9 Å². The first-order valence-corrected chi connectivity index (χ1v) is 5.89. The third-order valence-electron chi connectivity index (χ3n) is 3.08. The number of aryl methyl sites for hydroxylation is 1. The zero-order valence-corrected chi connectivity index (χ0v) is 9.80. The monoisotopic (exact) mass is 222 g/mol. The summed E-state index contributed by atoms with van der Waals surface area (Å²) >= 11 is 0. The molecule has 1 heterocycles. The van der Waals surface area contributed by atoms with Gasteiger partial charge in [0.15, 0.2) is 0 Å². The van der Waals surface area contributed by atoms with E-state index in [1.807, 2.05) is 12.4 Å². The van der Waals surface area contributed by atoms with Gasteiger partial charge in [-0.05, 0) is 18.6 Å². The second kappa shape index (κ2) is 4.06. The number of rotatable bonds is 2. The van der Waals surface area contributed by atoms with Crippen molar-refractivity contribution < 1.29 is 0 Å². The Hall–Kier alpha value is -2.09. The number of nitrogens with zero attached hydrogens (tertiary/aromatic N) is 2. The number of fused-ring (bicyclic) bond motifs is 1. The van der Waals surface area contributed by atoms with Crippen LogP contribution in [0.15, 0.2) is 54.9 Å². The molecule has 0 bridgehead atoms. The molecule has 1 aromatic heterocycles. The number of hydrogen-bond donors (Lipinski definition) is 0. The van der Waals surface area contributed by atoms with E-state index in [0.29, 0.717) is 0 Å². The van der Waals surface area contributed by atoms with Gasteiger partial charge in [-0.15, -0.1) is 0 Å². The van der Waals surface area contributed by atoms with E-state index in [2.05, 4.69) is 58.9 Å². The summed E-state index contributed by atoms with van der Waals surface area (Å²) in [5.41, 5.74) is 4.71. The molecule has 2 aromatic carbocycles. The Labute approximate surface area is 101 Å². The van der Waals surface area contributed by atoms with Crippen molar-refractivity contribution in [3.63, 3.8) is 0 Å². The lowest BCUT2D eigenvalue weighted by Gasteiger charge is -2.03. The Morgan fingerprint density at radius 1 is 1.00 bits per heavy atom. The van der Waals surface area contributed by atoms with Crippen molar-refractivity contribution in [2.45, 2.75) is 13.5 Å². The summed E-state index contributed by atoms with van der Waals surface area (Å²) in [5.74, 6) is 0. The molecule has 0 saturated heterocycles. The van der Waals surface area contributed by atoms with E-state index in [0.717, 1.165) is 12.1 Å². The minimum Gasteiger partial charge on any atom is -0.331 e. The van der Waals surface area contributed by atoms with Crippen molar-refractivity contribution in [1.29, 1.82) is 0 Å². The summed E-state index contributed by atoms with van der Waals surface area (Å²) in [4.78, 5) is 4.53. The Morgan fingerprint density at radius 2 is 1.82 bits per heavy atom. The van der Waals surface area contributed by atoms with Crippen LogP contribution in [-0.4, -0.2) is 9.55 Å². The van der Waals surface area contributed by atoms with Gasteiger partial charge in [-0.1, -0.05) is 42.5 Å². The van der Waals surface area contributed by atoms with Gasteiger partial charge in [-0.2, -0.15) is 0 Å². The van der Waals surface area contributed by atoms with Gasteiger partial charge in [0, 0.05) is 12.1 Å². The quantitative estimate of drug-likeness (QED) is 0.646. The van der Waals surface area contributed by atoms with Gasteiger partial charge in [-0.3, -0.25) is 0 Å². The van der Waals surface area contributed by atoms with Crippen LogP contribution >= 0.6 is 0 Å². The first-order valence-electron chi connectivity index (χ1n) is 5.89. The van der Waals surface area contributed by atoms with E-state index in [4.69, 9.17) is 0 Å². The maximum Gasteiger partial charge on any atom is 0.0963 e. The third kappa shape index (κ3) is 1.62. The summed E-state index contributed by atoms with van der Waals surface area (Å²) in [7, 11) is 0. The predicted molar refractivity (Wildman–Crippen MR) is 70.8 cm³/mol. The fraction of sp³-hybridized carbons (Fsp3) is 0.133. The van der Waals surface area contributed by atoms with Crippen LogP contribution in [0, 0.1) is 0 Å². The highest BCUT2D eigenvalue weighted by molar-refractivity contribution is 5.92. The molecule has 0 aliphatic rings. The molecule has 3 aromatic rings. The number of aromatic nitrogens is 2. The third-order valence-corrected chi connectivity index (χ3v) is 3.08. The molecule has 0 radical (unpaired) electrons. The first kappa shape index (κ1) is 10.1.